The molecule has 1 aromatic rings. The lowest BCUT2D eigenvalue weighted by Gasteiger charge is -2.11. The molecule has 0 aliphatic carbocycles. The largest absolute Gasteiger partial charge is 0.492 e. The van der Waals surface area contributed by atoms with Crippen LogP contribution in [0.3, 0.4) is 0 Å². The summed E-state index contributed by atoms with van der Waals surface area (Å²) in [7, 11) is 0.920. The molecule has 0 saturated heterocycles. The normalized spacial score (nSPS) is 12.1. The van der Waals surface area contributed by atoms with E-state index in [0.717, 1.165) is 18.2 Å². The zero-order valence-corrected chi connectivity index (χ0v) is 11.6. The first-order valence-electron chi connectivity index (χ1n) is 5.15. The second-order valence-corrected chi connectivity index (χ2v) is 6.02. The summed E-state index contributed by atoms with van der Waals surface area (Å²) in [4.78, 5) is 10.2. The number of nitrogens with one attached hydrogen (secondary N) is 1. The van der Waals surface area contributed by atoms with Crippen LogP contribution in [0, 0.1) is 0 Å². The van der Waals surface area contributed by atoms with Gasteiger partial charge in [-0.3, -0.25) is 4.79 Å². The fourth-order valence-electron chi connectivity index (χ4n) is 1.25. The first-order chi connectivity index (χ1) is 9.05. The highest BCUT2D eigenvalue weighted by Gasteiger charge is 2.38. The molecule has 1 N–H and O–H groups in total. The van der Waals surface area contributed by atoms with Gasteiger partial charge in [0.15, 0.2) is 0 Å². The summed E-state index contributed by atoms with van der Waals surface area (Å²) in [5.74, 6) is -2.34. The summed E-state index contributed by atoms with van der Waals surface area (Å²) in [6, 6.07) is 2.96. The molecule has 0 fully saturated rings. The van der Waals surface area contributed by atoms with Crippen molar-refractivity contribution in [3.63, 3.8) is 0 Å². The molecule has 0 atom stereocenters. The van der Waals surface area contributed by atoms with Gasteiger partial charge in [-0.25, -0.2) is 8.42 Å². The van der Waals surface area contributed by atoms with Crippen LogP contribution in [0.5, 0.6) is 5.75 Å². The van der Waals surface area contributed by atoms with Crippen LogP contribution in [0.1, 0.15) is 6.92 Å². The summed E-state index contributed by atoms with van der Waals surface area (Å²) in [5.41, 5.74) is -0.366. The van der Waals surface area contributed by atoms with E-state index in [1.165, 1.54) is 5.32 Å². The fourth-order valence-corrected chi connectivity index (χ4v) is 2.25. The smallest absolute Gasteiger partial charge is 0.471 e. The van der Waals surface area contributed by atoms with Crippen LogP contribution in [0.25, 0.3) is 0 Å². The van der Waals surface area contributed by atoms with Gasteiger partial charge in [-0.2, -0.15) is 13.2 Å². The molecule has 1 aromatic carbocycles. The molecular formula is C10H9ClF3NO4S. The molecule has 10 heteroatoms. The number of ether oxygens (including phenoxy) is 1. The minimum absolute atomic E-state index is 0.118. The number of halogens is 4. The Bertz CT molecular complexity index is 615. The van der Waals surface area contributed by atoms with Crippen LogP contribution in [-0.2, 0) is 13.8 Å². The predicted molar refractivity (Wildman–Crippen MR) is 65.3 cm³/mol. The molecule has 0 spiro atoms. The van der Waals surface area contributed by atoms with Gasteiger partial charge < -0.3 is 10.1 Å². The van der Waals surface area contributed by atoms with E-state index < -0.39 is 26.0 Å². The van der Waals surface area contributed by atoms with Crippen molar-refractivity contribution in [1.82, 2.24) is 0 Å². The second kappa shape index (κ2) is 5.88. The van der Waals surface area contributed by atoms with Crippen LogP contribution < -0.4 is 10.1 Å². The number of benzene rings is 1. The third-order valence-electron chi connectivity index (χ3n) is 2.02. The van der Waals surface area contributed by atoms with Crippen molar-refractivity contribution in [3.8, 4) is 5.75 Å². The van der Waals surface area contributed by atoms with E-state index in [1.54, 1.807) is 6.92 Å². The summed E-state index contributed by atoms with van der Waals surface area (Å²) in [6.45, 7) is 1.72. The minimum atomic E-state index is -5.08. The molecule has 1 amide bonds. The highest BCUT2D eigenvalue weighted by Crippen LogP contribution is 2.30. The number of carbonyl (C=O) groups excluding carboxylic acids is 1. The van der Waals surface area contributed by atoms with Crippen LogP contribution >= 0.6 is 10.7 Å². The van der Waals surface area contributed by atoms with Crippen LogP contribution in [-0.4, -0.2) is 27.1 Å². The Morgan fingerprint density at radius 3 is 2.45 bits per heavy atom. The standard InChI is InChI=1S/C10H9ClF3NO4S/c1-2-19-7-4-3-6(5-8(7)20(11,17)18)15-9(16)10(12,13)14/h3-5H,2H2,1H3,(H,15,16). The minimum Gasteiger partial charge on any atom is -0.492 e. The van der Waals surface area contributed by atoms with E-state index in [0.29, 0.717) is 0 Å². The van der Waals surface area contributed by atoms with Crippen molar-refractivity contribution in [1.29, 1.82) is 0 Å². The van der Waals surface area contributed by atoms with Gasteiger partial charge in [0.1, 0.15) is 10.6 Å². The average molecular weight is 332 g/mol. The van der Waals surface area contributed by atoms with Crippen molar-refractivity contribution in [2.24, 2.45) is 0 Å². The Hall–Kier alpha value is -1.48. The third-order valence-corrected chi connectivity index (χ3v) is 3.36. The number of hydrogen-bond acceptors (Lipinski definition) is 4. The average Bonchev–Trinajstić information content (AvgIpc) is 2.28. The maximum Gasteiger partial charge on any atom is 0.471 e. The van der Waals surface area contributed by atoms with E-state index in [1.807, 2.05) is 0 Å². The lowest BCUT2D eigenvalue weighted by molar-refractivity contribution is -0.167. The lowest BCUT2D eigenvalue weighted by atomic mass is 10.3. The predicted octanol–water partition coefficient (Wildman–Crippen LogP) is 2.51. The van der Waals surface area contributed by atoms with Crippen molar-refractivity contribution < 1.29 is 31.1 Å². The van der Waals surface area contributed by atoms with Crippen molar-refractivity contribution in [2.75, 3.05) is 11.9 Å². The highest BCUT2D eigenvalue weighted by molar-refractivity contribution is 8.13. The Labute approximate surface area is 117 Å². The molecule has 0 aromatic heterocycles. The van der Waals surface area contributed by atoms with Gasteiger partial charge in [-0.05, 0) is 25.1 Å². The van der Waals surface area contributed by atoms with E-state index >= 15 is 0 Å². The lowest BCUT2D eigenvalue weighted by Crippen LogP contribution is -2.29. The SMILES string of the molecule is CCOc1ccc(NC(=O)C(F)(F)F)cc1S(=O)(=O)Cl. The molecule has 0 radical (unpaired) electrons. The molecule has 0 heterocycles. The van der Waals surface area contributed by atoms with Gasteiger partial charge >= 0.3 is 12.1 Å². The summed E-state index contributed by atoms with van der Waals surface area (Å²) < 4.78 is 63.9. The molecule has 0 aliphatic heterocycles. The number of anilines is 1. The second-order valence-electron chi connectivity index (χ2n) is 3.48. The van der Waals surface area contributed by atoms with E-state index in [9.17, 15) is 26.4 Å². The zero-order valence-electron chi connectivity index (χ0n) is 9.99. The Balaban J connectivity index is 3.17. The molecule has 5 nitrogen and oxygen atoms in total. The van der Waals surface area contributed by atoms with Gasteiger partial charge in [-0.1, -0.05) is 0 Å². The van der Waals surface area contributed by atoms with Gasteiger partial charge in [0.25, 0.3) is 9.05 Å². The first kappa shape index (κ1) is 16.6. The van der Waals surface area contributed by atoms with Gasteiger partial charge in [-0.15, -0.1) is 0 Å². The van der Waals surface area contributed by atoms with E-state index in [4.69, 9.17) is 15.4 Å². The van der Waals surface area contributed by atoms with Crippen LogP contribution in [0.4, 0.5) is 18.9 Å². The maximum absolute atomic E-state index is 12.1. The Kier molecular flexibility index (Phi) is 4.87. The topological polar surface area (TPSA) is 72.5 Å². The summed E-state index contributed by atoms with van der Waals surface area (Å²) >= 11 is 0. The highest BCUT2D eigenvalue weighted by atomic mass is 35.7. The molecule has 112 valence electrons. The number of hydrogen-bond donors (Lipinski definition) is 1. The third kappa shape index (κ3) is 4.27. The number of alkyl halides is 3. The van der Waals surface area contributed by atoms with Gasteiger partial charge in [0.2, 0.25) is 0 Å². The number of carbonyl (C=O) groups is 1. The summed E-state index contributed by atoms with van der Waals surface area (Å²) in [6.07, 6.45) is -5.08. The fraction of sp³-hybridized carbons (Fsp3) is 0.300. The quantitative estimate of drug-likeness (QED) is 0.860. The Morgan fingerprint density at radius 2 is 2.00 bits per heavy atom. The van der Waals surface area contributed by atoms with Gasteiger partial charge in [0, 0.05) is 16.4 Å². The number of rotatable bonds is 4. The van der Waals surface area contributed by atoms with Crippen LogP contribution in [0.15, 0.2) is 23.1 Å². The number of amides is 1. The summed E-state index contributed by atoms with van der Waals surface area (Å²) in [5, 5.41) is 1.52. The molecule has 0 unspecified atom stereocenters. The van der Waals surface area contributed by atoms with E-state index in [2.05, 4.69) is 0 Å². The molecular weight excluding hydrogens is 323 g/mol. The van der Waals surface area contributed by atoms with Crippen molar-refractivity contribution >= 4 is 31.3 Å². The molecule has 0 bridgehead atoms. The molecule has 20 heavy (non-hydrogen) atoms. The van der Waals surface area contributed by atoms with Gasteiger partial charge in [0.05, 0.1) is 6.61 Å². The molecule has 1 rings (SSSR count). The first-order valence-corrected chi connectivity index (χ1v) is 7.46. The molecule has 0 aliphatic rings. The Morgan fingerprint density at radius 1 is 1.40 bits per heavy atom. The zero-order chi connectivity index (χ0) is 15.6. The van der Waals surface area contributed by atoms with Crippen molar-refractivity contribution in [3.05, 3.63) is 18.2 Å². The maximum atomic E-state index is 12.1. The molecule has 0 saturated carbocycles. The van der Waals surface area contributed by atoms with Crippen molar-refractivity contribution in [2.45, 2.75) is 18.0 Å². The monoisotopic (exact) mass is 331 g/mol. The van der Waals surface area contributed by atoms with Crippen LogP contribution in [0.2, 0.25) is 0 Å². The van der Waals surface area contributed by atoms with E-state index in [-0.39, 0.29) is 18.0 Å².